The number of hydrogen-bond acceptors (Lipinski definition) is 3. The Morgan fingerprint density at radius 1 is 0.425 bits per heavy atom. The van der Waals surface area contributed by atoms with Gasteiger partial charge in [-0.15, -0.1) is 0 Å². The summed E-state index contributed by atoms with van der Waals surface area (Å²) in [6.07, 6.45) is 0. The van der Waals surface area contributed by atoms with Crippen molar-refractivity contribution >= 4 is 22.1 Å². The van der Waals surface area contributed by atoms with Crippen LogP contribution in [0.2, 0.25) is 0 Å². The molecule has 0 aliphatic heterocycles. The van der Waals surface area contributed by atoms with Crippen LogP contribution < -0.4 is 0 Å². The summed E-state index contributed by atoms with van der Waals surface area (Å²) in [6.45, 7) is 4.41. The average molecular weight is 517 g/mol. The molecule has 192 valence electrons. The molecular weight excluding hydrogens is 488 g/mol. The minimum atomic E-state index is 0.314. The molecule has 5 aromatic carbocycles. The molecule has 40 heavy (non-hydrogen) atoms. The molecule has 0 saturated carbocycles. The van der Waals surface area contributed by atoms with E-state index in [1.807, 2.05) is 48.5 Å². The Hall–Kier alpha value is -5.09. The van der Waals surface area contributed by atoms with Crippen molar-refractivity contribution < 1.29 is 0 Å². The highest BCUT2D eigenvalue weighted by Gasteiger charge is 2.16. The van der Waals surface area contributed by atoms with Crippen LogP contribution in [0.1, 0.15) is 19.9 Å². The fourth-order valence-electron chi connectivity index (χ4n) is 5.40. The number of rotatable bonds is 5. The second-order valence-electron chi connectivity index (χ2n) is 10.3. The molecule has 4 heteroatoms. The lowest BCUT2D eigenvalue weighted by atomic mass is 9.99. The third-order valence-electron chi connectivity index (χ3n) is 7.36. The maximum absolute atomic E-state index is 5.04. The van der Waals surface area contributed by atoms with Crippen molar-refractivity contribution in [3.8, 4) is 45.0 Å². The van der Waals surface area contributed by atoms with Gasteiger partial charge in [0.1, 0.15) is 5.82 Å². The summed E-state index contributed by atoms with van der Waals surface area (Å²) in [6, 6.07) is 44.3. The van der Waals surface area contributed by atoms with E-state index < -0.39 is 0 Å². The van der Waals surface area contributed by atoms with Crippen LogP contribution >= 0.6 is 0 Å². The van der Waals surface area contributed by atoms with Crippen molar-refractivity contribution in [2.75, 3.05) is 0 Å². The smallest absolute Gasteiger partial charge is 0.141 e. The molecule has 0 radical (unpaired) electrons. The van der Waals surface area contributed by atoms with E-state index >= 15 is 0 Å². The lowest BCUT2D eigenvalue weighted by Crippen LogP contribution is -2.02. The minimum absolute atomic E-state index is 0.314. The fourth-order valence-corrected chi connectivity index (χ4v) is 5.40. The first-order valence-corrected chi connectivity index (χ1v) is 13.7. The van der Waals surface area contributed by atoms with E-state index in [9.17, 15) is 0 Å². The Balaban J connectivity index is 1.24. The summed E-state index contributed by atoms with van der Waals surface area (Å²) in [5, 5.41) is 0. The van der Waals surface area contributed by atoms with Gasteiger partial charge < -0.3 is 4.57 Å². The first-order valence-electron chi connectivity index (χ1n) is 13.7. The van der Waals surface area contributed by atoms with E-state index in [-0.39, 0.29) is 0 Å². The van der Waals surface area contributed by atoms with Crippen molar-refractivity contribution in [3.05, 3.63) is 127 Å². The number of hydrogen-bond donors (Lipinski definition) is 0. The number of benzene rings is 5. The summed E-state index contributed by atoms with van der Waals surface area (Å²) in [5.74, 6) is 1.00. The van der Waals surface area contributed by atoms with Gasteiger partial charge in [-0.25, -0.2) is 15.0 Å². The molecule has 2 aromatic heterocycles. The normalized spacial score (nSPS) is 11.5. The maximum atomic E-state index is 5.04. The van der Waals surface area contributed by atoms with E-state index in [0.29, 0.717) is 6.04 Å². The van der Waals surface area contributed by atoms with Gasteiger partial charge in [-0.1, -0.05) is 103 Å². The maximum Gasteiger partial charge on any atom is 0.141 e. The van der Waals surface area contributed by atoms with Gasteiger partial charge in [-0.2, -0.15) is 0 Å². The van der Waals surface area contributed by atoms with Gasteiger partial charge in [0, 0.05) is 22.7 Å². The molecule has 0 atom stereocenters. The lowest BCUT2D eigenvalue weighted by molar-refractivity contribution is 0.624. The lowest BCUT2D eigenvalue weighted by Gasteiger charge is -2.14. The molecule has 0 aliphatic carbocycles. The van der Waals surface area contributed by atoms with E-state index in [2.05, 4.69) is 97.3 Å². The number of imidazole rings is 1. The van der Waals surface area contributed by atoms with Crippen molar-refractivity contribution in [1.29, 1.82) is 0 Å². The third-order valence-corrected chi connectivity index (χ3v) is 7.36. The zero-order valence-corrected chi connectivity index (χ0v) is 22.5. The highest BCUT2D eigenvalue weighted by Crippen LogP contribution is 2.33. The van der Waals surface area contributed by atoms with Crippen LogP contribution in [-0.2, 0) is 0 Å². The van der Waals surface area contributed by atoms with Crippen molar-refractivity contribution in [1.82, 2.24) is 19.5 Å². The summed E-state index contributed by atoms with van der Waals surface area (Å²) in [7, 11) is 0. The van der Waals surface area contributed by atoms with E-state index in [1.54, 1.807) is 0 Å². The van der Waals surface area contributed by atoms with Crippen molar-refractivity contribution in [3.63, 3.8) is 0 Å². The predicted molar refractivity (Wildman–Crippen MR) is 165 cm³/mol. The van der Waals surface area contributed by atoms with Gasteiger partial charge in [0.25, 0.3) is 0 Å². The van der Waals surface area contributed by atoms with Crippen LogP contribution in [0, 0.1) is 0 Å². The zero-order valence-electron chi connectivity index (χ0n) is 22.5. The zero-order chi connectivity index (χ0) is 27.1. The highest BCUT2D eigenvalue weighted by atomic mass is 15.1. The quantitative estimate of drug-likeness (QED) is 0.229. The Bertz CT molecular complexity index is 1950. The summed E-state index contributed by atoms with van der Waals surface area (Å²) >= 11 is 0. The van der Waals surface area contributed by atoms with Gasteiger partial charge >= 0.3 is 0 Å². The molecule has 0 amide bonds. The number of para-hydroxylation sites is 4. The predicted octanol–water partition coefficient (Wildman–Crippen LogP) is 9.23. The molecule has 2 heterocycles. The first kappa shape index (κ1) is 24.0. The Labute approximate surface area is 233 Å². The van der Waals surface area contributed by atoms with Crippen LogP contribution in [0.15, 0.2) is 127 Å². The van der Waals surface area contributed by atoms with Crippen LogP contribution in [0.3, 0.4) is 0 Å². The Morgan fingerprint density at radius 2 is 0.875 bits per heavy atom. The molecular formula is C36H28N4. The molecule has 0 unspecified atom stereocenters. The molecule has 0 saturated heterocycles. The SMILES string of the molecule is CC(C)n1c(-c2ccc(-c3ccc(-c4nc5ccccc5nc4-c4ccccc4)cc3)cc2)nc2ccccc21. The van der Waals surface area contributed by atoms with Crippen molar-refractivity contribution in [2.24, 2.45) is 0 Å². The summed E-state index contributed by atoms with van der Waals surface area (Å²) in [4.78, 5) is 15.0. The first-order chi connectivity index (χ1) is 19.7. The van der Waals surface area contributed by atoms with Crippen LogP contribution in [0.25, 0.3) is 67.1 Å². The third kappa shape index (κ3) is 4.24. The molecule has 0 aliphatic rings. The van der Waals surface area contributed by atoms with E-state index in [0.717, 1.165) is 61.6 Å². The second kappa shape index (κ2) is 9.90. The monoisotopic (exact) mass is 516 g/mol. The number of fused-ring (bicyclic) bond motifs is 2. The second-order valence-corrected chi connectivity index (χ2v) is 10.3. The minimum Gasteiger partial charge on any atom is -0.321 e. The molecule has 0 fully saturated rings. The van der Waals surface area contributed by atoms with Crippen molar-refractivity contribution in [2.45, 2.75) is 19.9 Å². The van der Waals surface area contributed by atoms with Gasteiger partial charge in [0.2, 0.25) is 0 Å². The largest absolute Gasteiger partial charge is 0.321 e. The van der Waals surface area contributed by atoms with E-state index in [4.69, 9.17) is 15.0 Å². The van der Waals surface area contributed by atoms with Gasteiger partial charge in [-0.05, 0) is 49.2 Å². The topological polar surface area (TPSA) is 43.6 Å². The molecule has 7 rings (SSSR count). The van der Waals surface area contributed by atoms with Crippen LogP contribution in [-0.4, -0.2) is 19.5 Å². The summed E-state index contributed by atoms with van der Waals surface area (Å²) in [5.41, 5.74) is 11.3. The fraction of sp³-hybridized carbons (Fsp3) is 0.0833. The van der Waals surface area contributed by atoms with E-state index in [1.165, 1.54) is 5.52 Å². The van der Waals surface area contributed by atoms with Crippen LogP contribution in [0.4, 0.5) is 0 Å². The van der Waals surface area contributed by atoms with Gasteiger partial charge in [-0.3, -0.25) is 0 Å². The average Bonchev–Trinajstić information content (AvgIpc) is 3.41. The molecule has 0 bridgehead atoms. The molecule has 0 N–H and O–H groups in total. The number of aromatic nitrogens is 4. The summed E-state index contributed by atoms with van der Waals surface area (Å²) < 4.78 is 2.31. The van der Waals surface area contributed by atoms with Gasteiger partial charge in [0.05, 0.1) is 33.5 Å². The molecule has 0 spiro atoms. The molecule has 7 aromatic rings. The number of nitrogens with zero attached hydrogens (tertiary/aromatic N) is 4. The standard InChI is InChI=1S/C36H28N4/c1-24(2)40-33-15-9-8-14-32(33)39-36(40)29-22-18-26(19-23-29)25-16-20-28(21-17-25)35-34(27-10-4-3-5-11-27)37-30-12-6-7-13-31(30)38-35/h3-24H,1-2H3. The Kier molecular flexibility index (Phi) is 5.94. The van der Waals surface area contributed by atoms with Crippen LogP contribution in [0.5, 0.6) is 0 Å². The highest BCUT2D eigenvalue weighted by molar-refractivity contribution is 5.87. The molecule has 4 nitrogen and oxygen atoms in total. The Morgan fingerprint density at radius 3 is 1.45 bits per heavy atom. The van der Waals surface area contributed by atoms with Gasteiger partial charge in [0.15, 0.2) is 0 Å².